The number of nitrogens with one attached hydrogen (secondary N) is 1. The highest BCUT2D eigenvalue weighted by atomic mass is 32.2. The molecule has 0 bridgehead atoms. The third-order valence-electron chi connectivity index (χ3n) is 2.90. The molecule has 1 saturated carbocycles. The number of rotatable bonds is 4. The summed E-state index contributed by atoms with van der Waals surface area (Å²) in [5, 5.41) is 3.44. The summed E-state index contributed by atoms with van der Waals surface area (Å²) in [7, 11) is 0. The molecule has 0 spiro atoms. The van der Waals surface area contributed by atoms with Crippen molar-refractivity contribution >= 4 is 17.7 Å². The number of hydrogen-bond donors (Lipinski definition) is 1. The lowest BCUT2D eigenvalue weighted by molar-refractivity contribution is 1.00. The zero-order chi connectivity index (χ0) is 11.7. The molecule has 1 fully saturated rings. The molecule has 3 nitrogen and oxygen atoms in total. The molecule has 4 heteroatoms. The van der Waals surface area contributed by atoms with E-state index in [-0.39, 0.29) is 0 Å². The minimum atomic E-state index is 0.627. The van der Waals surface area contributed by atoms with Gasteiger partial charge >= 0.3 is 0 Å². The maximum Gasteiger partial charge on any atom is 0.207 e. The fourth-order valence-electron chi connectivity index (χ4n) is 1.77. The molecule has 1 aliphatic carbocycles. The lowest BCUT2D eigenvalue weighted by Gasteiger charge is -2.09. The van der Waals surface area contributed by atoms with Crippen molar-refractivity contribution in [2.75, 3.05) is 11.6 Å². The van der Waals surface area contributed by atoms with Crippen LogP contribution < -0.4 is 5.32 Å². The van der Waals surface area contributed by atoms with Crippen molar-refractivity contribution in [2.24, 2.45) is 0 Å². The van der Waals surface area contributed by atoms with Gasteiger partial charge in [-0.2, -0.15) is 0 Å². The normalized spacial score (nSPS) is 14.9. The van der Waals surface area contributed by atoms with E-state index in [1.54, 1.807) is 11.8 Å². The molecule has 1 N–H and O–H groups in total. The summed E-state index contributed by atoms with van der Waals surface area (Å²) in [5.74, 6) is 0.949. The average molecular weight is 245 g/mol. The van der Waals surface area contributed by atoms with Crippen molar-refractivity contribution in [2.45, 2.75) is 23.8 Å². The van der Waals surface area contributed by atoms with Crippen molar-refractivity contribution < 1.29 is 0 Å². The first-order chi connectivity index (χ1) is 8.36. The predicted octanol–water partition coefficient (Wildman–Crippen LogP) is 3.17. The highest BCUT2D eigenvalue weighted by Crippen LogP contribution is 2.25. The van der Waals surface area contributed by atoms with Crippen LogP contribution in [0.2, 0.25) is 0 Å². The zero-order valence-electron chi connectivity index (χ0n) is 9.76. The highest BCUT2D eigenvalue weighted by Gasteiger charge is 2.22. The molecule has 0 radical (unpaired) electrons. The van der Waals surface area contributed by atoms with Crippen LogP contribution in [0.25, 0.3) is 5.69 Å². The van der Waals surface area contributed by atoms with Gasteiger partial charge < -0.3 is 5.32 Å². The molecule has 1 aromatic heterocycles. The Hall–Kier alpha value is -1.42. The van der Waals surface area contributed by atoms with Gasteiger partial charge in [0, 0.05) is 29.0 Å². The molecule has 0 saturated heterocycles. The van der Waals surface area contributed by atoms with E-state index >= 15 is 0 Å². The first kappa shape index (κ1) is 10.7. The third-order valence-corrected chi connectivity index (χ3v) is 3.65. The lowest BCUT2D eigenvalue weighted by Crippen LogP contribution is -2.07. The van der Waals surface area contributed by atoms with Crippen LogP contribution in [0.15, 0.2) is 41.6 Å². The molecule has 3 rings (SSSR count). The van der Waals surface area contributed by atoms with E-state index < -0.39 is 0 Å². The Morgan fingerprint density at radius 3 is 2.71 bits per heavy atom. The van der Waals surface area contributed by atoms with Crippen LogP contribution in [-0.4, -0.2) is 21.8 Å². The van der Waals surface area contributed by atoms with Crippen molar-refractivity contribution in [3.63, 3.8) is 0 Å². The summed E-state index contributed by atoms with van der Waals surface area (Å²) in [6.45, 7) is 0. The van der Waals surface area contributed by atoms with Gasteiger partial charge in [0.1, 0.15) is 0 Å². The van der Waals surface area contributed by atoms with E-state index in [2.05, 4.69) is 45.4 Å². The summed E-state index contributed by atoms with van der Waals surface area (Å²) in [6, 6.07) is 9.17. The first-order valence-electron chi connectivity index (χ1n) is 5.81. The fourth-order valence-corrected chi connectivity index (χ4v) is 2.18. The van der Waals surface area contributed by atoms with E-state index in [1.165, 1.54) is 17.7 Å². The van der Waals surface area contributed by atoms with E-state index in [9.17, 15) is 0 Å². The van der Waals surface area contributed by atoms with Gasteiger partial charge in [0.25, 0.3) is 0 Å². The van der Waals surface area contributed by atoms with Gasteiger partial charge in [0.2, 0.25) is 5.95 Å². The summed E-state index contributed by atoms with van der Waals surface area (Å²) >= 11 is 1.76. The summed E-state index contributed by atoms with van der Waals surface area (Å²) in [4.78, 5) is 5.64. The van der Waals surface area contributed by atoms with Gasteiger partial charge in [-0.3, -0.25) is 4.57 Å². The number of benzene rings is 1. The lowest BCUT2D eigenvalue weighted by atomic mass is 10.3. The van der Waals surface area contributed by atoms with E-state index in [0.29, 0.717) is 6.04 Å². The number of hydrogen-bond acceptors (Lipinski definition) is 3. The standard InChI is InChI=1S/C13H15N3S/c1-17-12-6-4-11(5-7-12)16-9-8-14-13(16)15-10-2-3-10/h4-10H,2-3H2,1H3,(H,14,15). The Morgan fingerprint density at radius 2 is 2.06 bits per heavy atom. The number of aromatic nitrogens is 2. The van der Waals surface area contributed by atoms with E-state index in [0.717, 1.165) is 11.6 Å². The van der Waals surface area contributed by atoms with E-state index in [1.807, 2.05) is 12.4 Å². The second-order valence-electron chi connectivity index (χ2n) is 4.24. The summed E-state index contributed by atoms with van der Waals surface area (Å²) in [5.41, 5.74) is 1.16. The molecule has 1 aromatic carbocycles. The second-order valence-corrected chi connectivity index (χ2v) is 5.12. The Kier molecular flexibility index (Phi) is 2.81. The van der Waals surface area contributed by atoms with Crippen LogP contribution in [-0.2, 0) is 0 Å². The van der Waals surface area contributed by atoms with Gasteiger partial charge in [0.05, 0.1) is 0 Å². The molecule has 1 heterocycles. The van der Waals surface area contributed by atoms with Gasteiger partial charge in [-0.05, 0) is 43.4 Å². The van der Waals surface area contributed by atoms with Crippen LogP contribution in [0.4, 0.5) is 5.95 Å². The predicted molar refractivity (Wildman–Crippen MR) is 72.0 cm³/mol. The molecule has 2 aromatic rings. The van der Waals surface area contributed by atoms with Crippen molar-refractivity contribution in [3.8, 4) is 5.69 Å². The number of thioether (sulfide) groups is 1. The fraction of sp³-hybridized carbons (Fsp3) is 0.308. The molecule has 1 aliphatic rings. The SMILES string of the molecule is CSc1ccc(-n2ccnc2NC2CC2)cc1. The third kappa shape index (κ3) is 2.31. The highest BCUT2D eigenvalue weighted by molar-refractivity contribution is 7.98. The zero-order valence-corrected chi connectivity index (χ0v) is 10.6. The molecule has 0 aliphatic heterocycles. The van der Waals surface area contributed by atoms with Crippen LogP contribution in [0.1, 0.15) is 12.8 Å². The topological polar surface area (TPSA) is 29.9 Å². The molecule has 0 amide bonds. The molecular formula is C13H15N3S. The quantitative estimate of drug-likeness (QED) is 0.839. The Morgan fingerprint density at radius 1 is 1.29 bits per heavy atom. The maximum absolute atomic E-state index is 4.36. The summed E-state index contributed by atoms with van der Waals surface area (Å²) < 4.78 is 2.10. The second kappa shape index (κ2) is 4.45. The van der Waals surface area contributed by atoms with Crippen molar-refractivity contribution in [1.82, 2.24) is 9.55 Å². The van der Waals surface area contributed by atoms with E-state index in [4.69, 9.17) is 0 Å². The van der Waals surface area contributed by atoms with Crippen LogP contribution >= 0.6 is 11.8 Å². The van der Waals surface area contributed by atoms with Crippen molar-refractivity contribution in [1.29, 1.82) is 0 Å². The number of anilines is 1. The molecule has 88 valence electrons. The summed E-state index contributed by atoms with van der Waals surface area (Å²) in [6.07, 6.45) is 8.45. The Bertz CT molecular complexity index is 500. The van der Waals surface area contributed by atoms with Crippen LogP contribution in [0, 0.1) is 0 Å². The van der Waals surface area contributed by atoms with Gasteiger partial charge in [-0.25, -0.2) is 4.98 Å². The molecule has 0 atom stereocenters. The Balaban J connectivity index is 1.88. The van der Waals surface area contributed by atoms with Crippen LogP contribution in [0.3, 0.4) is 0 Å². The first-order valence-corrected chi connectivity index (χ1v) is 7.03. The van der Waals surface area contributed by atoms with Gasteiger partial charge in [-0.15, -0.1) is 11.8 Å². The minimum Gasteiger partial charge on any atom is -0.353 e. The van der Waals surface area contributed by atoms with Crippen molar-refractivity contribution in [3.05, 3.63) is 36.7 Å². The Labute approximate surface area is 105 Å². The monoisotopic (exact) mass is 245 g/mol. The number of nitrogens with zero attached hydrogens (tertiary/aromatic N) is 2. The van der Waals surface area contributed by atoms with Gasteiger partial charge in [0.15, 0.2) is 0 Å². The van der Waals surface area contributed by atoms with Crippen LogP contribution in [0.5, 0.6) is 0 Å². The average Bonchev–Trinajstić information content (AvgIpc) is 3.06. The maximum atomic E-state index is 4.36. The van der Waals surface area contributed by atoms with Gasteiger partial charge in [-0.1, -0.05) is 0 Å². The largest absolute Gasteiger partial charge is 0.353 e. The minimum absolute atomic E-state index is 0.627. The molecule has 17 heavy (non-hydrogen) atoms. The molecular weight excluding hydrogens is 230 g/mol. The molecule has 0 unspecified atom stereocenters. The smallest absolute Gasteiger partial charge is 0.207 e. The number of imidazole rings is 1.